The van der Waals surface area contributed by atoms with E-state index in [9.17, 15) is 0 Å². The number of hydrogen-bond donors (Lipinski definition) is 0. The highest BCUT2D eigenvalue weighted by Crippen LogP contribution is 2.42. The molecule has 0 fully saturated rings. The normalized spacial score (nSPS) is 11.5. The molecule has 0 radical (unpaired) electrons. The van der Waals surface area contributed by atoms with Gasteiger partial charge in [-0.05, 0) is 82.9 Å². The van der Waals surface area contributed by atoms with Crippen LogP contribution in [-0.2, 0) is 0 Å². The Hall–Kier alpha value is -6.14. The molecule has 240 valence electrons. The van der Waals surface area contributed by atoms with E-state index >= 15 is 0 Å². The highest BCUT2D eigenvalue weighted by molar-refractivity contribution is 7.26. The third kappa shape index (κ3) is 5.26. The summed E-state index contributed by atoms with van der Waals surface area (Å²) < 4.78 is 3.84. The molecular formula is C46H29N3S2. The summed E-state index contributed by atoms with van der Waals surface area (Å²) in [4.78, 5) is 13.3. The maximum Gasteiger partial charge on any atom is 0.143 e. The zero-order valence-electron chi connectivity index (χ0n) is 27.4. The molecule has 0 amide bonds. The monoisotopic (exact) mass is 687 g/mol. The molecule has 3 nitrogen and oxygen atoms in total. The first kappa shape index (κ1) is 29.7. The van der Waals surface area contributed by atoms with Gasteiger partial charge in [-0.1, -0.05) is 109 Å². The summed E-state index contributed by atoms with van der Waals surface area (Å²) in [5.74, 6) is 0. The summed E-state index contributed by atoms with van der Waals surface area (Å²) in [6.07, 6.45) is 1.90. The Morgan fingerprint density at radius 1 is 0.431 bits per heavy atom. The fourth-order valence-electron chi connectivity index (χ4n) is 7.08. The average molecular weight is 688 g/mol. The maximum atomic E-state index is 5.21. The van der Waals surface area contributed by atoms with Crippen LogP contribution < -0.4 is 4.90 Å². The SMILES string of the molecule is c1ccc(N(c2ccccc2)c2ccc(-c3cnc4sc5ccc(-c6cccc(-c7cccc8c7sc7ccccc78)c6)cc5c4n3)cc2)cc1. The van der Waals surface area contributed by atoms with Gasteiger partial charge in [-0.25, -0.2) is 9.97 Å². The molecule has 10 aromatic rings. The highest BCUT2D eigenvalue weighted by atomic mass is 32.1. The third-order valence-corrected chi connectivity index (χ3v) is 11.8. The number of aromatic nitrogens is 2. The Balaban J connectivity index is 1.01. The third-order valence-electron chi connectivity index (χ3n) is 9.54. The first-order chi connectivity index (χ1) is 25.3. The van der Waals surface area contributed by atoms with Gasteiger partial charge >= 0.3 is 0 Å². The lowest BCUT2D eigenvalue weighted by Gasteiger charge is -2.25. The molecule has 0 saturated heterocycles. The van der Waals surface area contributed by atoms with Crippen molar-refractivity contribution in [1.29, 1.82) is 0 Å². The quantitative estimate of drug-likeness (QED) is 0.174. The number of benzene rings is 7. The fraction of sp³-hybridized carbons (Fsp3) is 0. The first-order valence-corrected chi connectivity index (χ1v) is 18.6. The number of hydrogen-bond acceptors (Lipinski definition) is 5. The van der Waals surface area contributed by atoms with Crippen molar-refractivity contribution in [2.45, 2.75) is 0 Å². The Morgan fingerprint density at radius 3 is 1.86 bits per heavy atom. The molecule has 0 unspecified atom stereocenters. The molecule has 0 aliphatic heterocycles. The Bertz CT molecular complexity index is 2820. The van der Waals surface area contributed by atoms with Gasteiger partial charge in [0, 0.05) is 52.9 Å². The van der Waals surface area contributed by atoms with Crippen LogP contribution in [0.4, 0.5) is 17.1 Å². The van der Waals surface area contributed by atoms with E-state index in [0.29, 0.717) is 0 Å². The first-order valence-electron chi connectivity index (χ1n) is 17.0. The molecule has 0 aliphatic carbocycles. The molecule has 0 spiro atoms. The molecule has 0 aliphatic rings. The predicted molar refractivity (Wildman–Crippen MR) is 219 cm³/mol. The van der Waals surface area contributed by atoms with Crippen molar-refractivity contribution in [3.63, 3.8) is 0 Å². The van der Waals surface area contributed by atoms with Gasteiger partial charge in [-0.3, -0.25) is 0 Å². The summed E-state index contributed by atoms with van der Waals surface area (Å²) >= 11 is 3.57. The standard InChI is InChI=1S/C46H29N3S2/c1-3-13-34(14-4-1)49(35-15-5-2-6-16-35)36-24-21-30(22-25-36)41-29-47-46-44(48-41)40-28-32(23-26-43(40)51-46)31-11-9-12-33(27-31)37-18-10-19-39-38-17-7-8-20-42(38)50-45(37)39/h1-29H. The number of rotatable bonds is 6. The van der Waals surface area contributed by atoms with E-state index < -0.39 is 0 Å². The summed E-state index contributed by atoms with van der Waals surface area (Å²) in [6, 6.07) is 60.6. The molecule has 0 atom stereocenters. The molecule has 7 aromatic carbocycles. The van der Waals surface area contributed by atoms with Crippen LogP contribution >= 0.6 is 22.7 Å². The van der Waals surface area contributed by atoms with Crippen molar-refractivity contribution in [3.05, 3.63) is 176 Å². The summed E-state index contributed by atoms with van der Waals surface area (Å²) in [5, 5.41) is 3.77. The number of anilines is 3. The summed E-state index contributed by atoms with van der Waals surface area (Å²) in [5.41, 5.74) is 11.0. The van der Waals surface area contributed by atoms with E-state index in [1.165, 1.54) is 47.1 Å². The molecule has 0 N–H and O–H groups in total. The van der Waals surface area contributed by atoms with Gasteiger partial charge in [-0.15, -0.1) is 22.7 Å². The van der Waals surface area contributed by atoms with Crippen LogP contribution in [-0.4, -0.2) is 9.97 Å². The lowest BCUT2D eigenvalue weighted by Crippen LogP contribution is -2.09. The van der Waals surface area contributed by atoms with Crippen LogP contribution in [0.15, 0.2) is 176 Å². The summed E-state index contributed by atoms with van der Waals surface area (Å²) in [7, 11) is 0. The van der Waals surface area contributed by atoms with Crippen LogP contribution in [0.2, 0.25) is 0 Å². The van der Waals surface area contributed by atoms with E-state index in [2.05, 4.69) is 163 Å². The van der Waals surface area contributed by atoms with Crippen LogP contribution in [0.3, 0.4) is 0 Å². The van der Waals surface area contributed by atoms with Crippen LogP contribution in [0, 0.1) is 0 Å². The molecule has 0 saturated carbocycles. The minimum atomic E-state index is 0.864. The van der Waals surface area contributed by atoms with E-state index in [-0.39, 0.29) is 0 Å². The maximum absolute atomic E-state index is 5.21. The van der Waals surface area contributed by atoms with Crippen molar-refractivity contribution in [3.8, 4) is 33.5 Å². The zero-order chi connectivity index (χ0) is 33.7. The minimum Gasteiger partial charge on any atom is -0.311 e. The Kier molecular flexibility index (Phi) is 7.19. The number of nitrogens with zero attached hydrogens (tertiary/aromatic N) is 3. The van der Waals surface area contributed by atoms with Gasteiger partial charge < -0.3 is 4.90 Å². The Morgan fingerprint density at radius 2 is 1.06 bits per heavy atom. The van der Waals surface area contributed by atoms with E-state index in [0.717, 1.165) is 44.1 Å². The van der Waals surface area contributed by atoms with E-state index in [4.69, 9.17) is 9.97 Å². The van der Waals surface area contributed by atoms with Gasteiger partial charge in [0.1, 0.15) is 10.3 Å². The highest BCUT2D eigenvalue weighted by Gasteiger charge is 2.15. The van der Waals surface area contributed by atoms with Crippen LogP contribution in [0.25, 0.3) is 74.1 Å². The van der Waals surface area contributed by atoms with Gasteiger partial charge in [-0.2, -0.15) is 0 Å². The number of thiophene rings is 2. The number of para-hydroxylation sites is 2. The molecular weight excluding hydrogens is 659 g/mol. The second-order valence-electron chi connectivity index (χ2n) is 12.6. The van der Waals surface area contributed by atoms with Gasteiger partial charge in [0.25, 0.3) is 0 Å². The lowest BCUT2D eigenvalue weighted by atomic mass is 9.97. The minimum absolute atomic E-state index is 0.864. The summed E-state index contributed by atoms with van der Waals surface area (Å²) in [6.45, 7) is 0. The predicted octanol–water partition coefficient (Wildman–Crippen LogP) is 13.7. The molecule has 3 aromatic heterocycles. The molecule has 51 heavy (non-hydrogen) atoms. The van der Waals surface area contributed by atoms with Crippen molar-refractivity contribution in [2.75, 3.05) is 4.90 Å². The van der Waals surface area contributed by atoms with Crippen molar-refractivity contribution in [1.82, 2.24) is 9.97 Å². The topological polar surface area (TPSA) is 29.0 Å². The molecule has 3 heterocycles. The second kappa shape index (κ2) is 12.3. The molecule has 10 rings (SSSR count). The van der Waals surface area contributed by atoms with E-state index in [1.54, 1.807) is 11.3 Å². The van der Waals surface area contributed by atoms with Crippen molar-refractivity contribution in [2.24, 2.45) is 0 Å². The van der Waals surface area contributed by atoms with Gasteiger partial charge in [0.05, 0.1) is 11.9 Å². The van der Waals surface area contributed by atoms with Gasteiger partial charge in [0.2, 0.25) is 0 Å². The number of fused-ring (bicyclic) bond motifs is 6. The lowest BCUT2D eigenvalue weighted by molar-refractivity contribution is 1.28. The van der Waals surface area contributed by atoms with Crippen molar-refractivity contribution >= 4 is 80.3 Å². The zero-order valence-corrected chi connectivity index (χ0v) is 29.0. The smallest absolute Gasteiger partial charge is 0.143 e. The average Bonchev–Trinajstić information content (AvgIpc) is 3.77. The second-order valence-corrected chi connectivity index (χ2v) is 14.7. The fourth-order valence-corrected chi connectivity index (χ4v) is 9.28. The molecule has 5 heteroatoms. The van der Waals surface area contributed by atoms with Crippen LogP contribution in [0.1, 0.15) is 0 Å². The Labute approximate surface area is 303 Å². The van der Waals surface area contributed by atoms with Gasteiger partial charge in [0.15, 0.2) is 0 Å². The largest absolute Gasteiger partial charge is 0.311 e. The van der Waals surface area contributed by atoms with Crippen LogP contribution in [0.5, 0.6) is 0 Å². The van der Waals surface area contributed by atoms with E-state index in [1.807, 2.05) is 29.7 Å². The molecule has 0 bridgehead atoms. The van der Waals surface area contributed by atoms with Crippen molar-refractivity contribution < 1.29 is 0 Å².